The fraction of sp³-hybridized carbons (Fsp3) is 0.286. The lowest BCUT2D eigenvalue weighted by Crippen LogP contribution is -2.45. The molecule has 0 aliphatic rings. The first-order valence-electron chi connectivity index (χ1n) is 9.01. The largest absolute Gasteiger partial charge is 0.497 e. The zero-order valence-electron chi connectivity index (χ0n) is 16.3. The van der Waals surface area contributed by atoms with Gasteiger partial charge in [-0.25, -0.2) is 9.59 Å². The van der Waals surface area contributed by atoms with Gasteiger partial charge >= 0.3 is 11.6 Å². The number of ether oxygens (including phenoxy) is 2. The molecule has 0 saturated carbocycles. The molecule has 0 aliphatic carbocycles. The summed E-state index contributed by atoms with van der Waals surface area (Å²) in [5.41, 5.74) is 0.303. The van der Waals surface area contributed by atoms with Crippen LogP contribution < -0.4 is 15.7 Å². The van der Waals surface area contributed by atoms with Gasteiger partial charge in [-0.05, 0) is 29.5 Å². The summed E-state index contributed by atoms with van der Waals surface area (Å²) in [5.74, 6) is -0.521. The lowest BCUT2D eigenvalue weighted by atomic mass is 10.0. The van der Waals surface area contributed by atoms with Crippen LogP contribution in [0.4, 0.5) is 0 Å². The van der Waals surface area contributed by atoms with E-state index in [4.69, 9.17) is 13.9 Å². The summed E-state index contributed by atoms with van der Waals surface area (Å²) in [6.07, 6.45) is 0. The summed E-state index contributed by atoms with van der Waals surface area (Å²) in [5, 5.41) is 5.15. The van der Waals surface area contributed by atoms with Crippen LogP contribution in [0.25, 0.3) is 11.0 Å². The number of esters is 1. The van der Waals surface area contributed by atoms with Crippen LogP contribution in [0.1, 0.15) is 29.1 Å². The standard InChI is InChI=1S/C21H21NO6S/c1-12(2)19(22-20(24)17-5-4-8-29-17)21(25)27-11-13-9-18(23)28-16-10-14(26-3)6-7-15(13)16/h4-10,12,19H,11H2,1-3H3,(H,22,24)/t19-/m0/s1. The van der Waals surface area contributed by atoms with E-state index in [1.165, 1.54) is 24.5 Å². The van der Waals surface area contributed by atoms with E-state index in [0.717, 1.165) is 0 Å². The van der Waals surface area contributed by atoms with Gasteiger partial charge in [0.25, 0.3) is 5.91 Å². The Kier molecular flexibility index (Phi) is 6.33. The Hall–Kier alpha value is -3.13. The summed E-state index contributed by atoms with van der Waals surface area (Å²) in [7, 11) is 1.52. The number of fused-ring (bicyclic) bond motifs is 1. The third-order valence-corrected chi connectivity index (χ3v) is 5.23. The van der Waals surface area contributed by atoms with E-state index in [9.17, 15) is 14.4 Å². The number of nitrogens with one attached hydrogen (secondary N) is 1. The molecule has 1 N–H and O–H groups in total. The summed E-state index contributed by atoms with van der Waals surface area (Å²) in [6.45, 7) is 3.52. The Labute approximate surface area is 171 Å². The number of carbonyl (C=O) groups is 2. The van der Waals surface area contributed by atoms with E-state index >= 15 is 0 Å². The van der Waals surface area contributed by atoms with Crippen molar-refractivity contribution in [1.29, 1.82) is 0 Å². The van der Waals surface area contributed by atoms with Crippen molar-refractivity contribution in [3.63, 3.8) is 0 Å². The van der Waals surface area contributed by atoms with Gasteiger partial charge < -0.3 is 19.2 Å². The van der Waals surface area contributed by atoms with Gasteiger partial charge in [0, 0.05) is 23.1 Å². The second-order valence-electron chi connectivity index (χ2n) is 6.73. The minimum atomic E-state index is -0.809. The Balaban J connectivity index is 1.76. The third kappa shape index (κ3) is 4.83. The minimum Gasteiger partial charge on any atom is -0.497 e. The average molecular weight is 415 g/mol. The van der Waals surface area contributed by atoms with Crippen molar-refractivity contribution in [1.82, 2.24) is 5.32 Å². The number of benzene rings is 1. The van der Waals surface area contributed by atoms with E-state index in [1.807, 2.05) is 13.8 Å². The van der Waals surface area contributed by atoms with Gasteiger partial charge in [-0.1, -0.05) is 19.9 Å². The second kappa shape index (κ2) is 8.91. The molecule has 3 rings (SSSR count). The molecule has 0 fully saturated rings. The molecule has 152 valence electrons. The average Bonchev–Trinajstić information content (AvgIpc) is 3.23. The van der Waals surface area contributed by atoms with Gasteiger partial charge in [0.05, 0.1) is 12.0 Å². The van der Waals surface area contributed by atoms with E-state index in [-0.39, 0.29) is 18.4 Å². The highest BCUT2D eigenvalue weighted by Crippen LogP contribution is 2.23. The number of carbonyl (C=O) groups excluding carboxylic acids is 2. The summed E-state index contributed by atoms with van der Waals surface area (Å²) >= 11 is 1.29. The Morgan fingerprint density at radius 1 is 1.21 bits per heavy atom. The molecule has 29 heavy (non-hydrogen) atoms. The van der Waals surface area contributed by atoms with Crippen LogP contribution in [0.3, 0.4) is 0 Å². The molecule has 0 radical (unpaired) electrons. The quantitative estimate of drug-likeness (QED) is 0.470. The number of amides is 1. The highest BCUT2D eigenvalue weighted by atomic mass is 32.1. The monoisotopic (exact) mass is 415 g/mol. The lowest BCUT2D eigenvalue weighted by Gasteiger charge is -2.20. The van der Waals surface area contributed by atoms with Crippen LogP contribution >= 0.6 is 11.3 Å². The highest BCUT2D eigenvalue weighted by molar-refractivity contribution is 7.12. The van der Waals surface area contributed by atoms with Crippen LogP contribution in [-0.2, 0) is 16.1 Å². The van der Waals surface area contributed by atoms with E-state index in [1.54, 1.807) is 35.7 Å². The summed E-state index contributed by atoms with van der Waals surface area (Å²) in [4.78, 5) is 37.3. The van der Waals surface area contributed by atoms with Gasteiger partial charge in [0.2, 0.25) is 0 Å². The van der Waals surface area contributed by atoms with Crippen LogP contribution in [0, 0.1) is 5.92 Å². The van der Waals surface area contributed by atoms with Crippen molar-refractivity contribution in [3.8, 4) is 5.75 Å². The molecule has 0 spiro atoms. The topological polar surface area (TPSA) is 94.8 Å². The molecule has 2 aromatic heterocycles. The molecule has 8 heteroatoms. The fourth-order valence-electron chi connectivity index (χ4n) is 2.81. The van der Waals surface area contributed by atoms with Crippen molar-refractivity contribution in [2.75, 3.05) is 7.11 Å². The second-order valence-corrected chi connectivity index (χ2v) is 7.68. The van der Waals surface area contributed by atoms with Crippen molar-refractivity contribution < 1.29 is 23.5 Å². The number of methoxy groups -OCH3 is 1. The maximum atomic E-state index is 12.6. The third-order valence-electron chi connectivity index (χ3n) is 4.36. The first kappa shape index (κ1) is 20.6. The Morgan fingerprint density at radius 3 is 2.66 bits per heavy atom. The van der Waals surface area contributed by atoms with Gasteiger partial charge in [0.1, 0.15) is 24.0 Å². The van der Waals surface area contributed by atoms with Gasteiger partial charge in [0.15, 0.2) is 0 Å². The Bertz CT molecular complexity index is 1070. The predicted octanol–water partition coefficient (Wildman–Crippen LogP) is 3.36. The van der Waals surface area contributed by atoms with Gasteiger partial charge in [-0.3, -0.25) is 4.79 Å². The number of hydrogen-bond acceptors (Lipinski definition) is 7. The zero-order valence-corrected chi connectivity index (χ0v) is 17.1. The lowest BCUT2D eigenvalue weighted by molar-refractivity contribution is -0.148. The molecule has 3 aromatic rings. The zero-order chi connectivity index (χ0) is 21.0. The van der Waals surface area contributed by atoms with Crippen molar-refractivity contribution in [3.05, 3.63) is 62.6 Å². The smallest absolute Gasteiger partial charge is 0.336 e. The molecule has 0 saturated heterocycles. The molecule has 0 bridgehead atoms. The van der Waals surface area contributed by atoms with E-state index < -0.39 is 17.6 Å². The maximum Gasteiger partial charge on any atom is 0.336 e. The van der Waals surface area contributed by atoms with Crippen molar-refractivity contribution in [2.45, 2.75) is 26.5 Å². The van der Waals surface area contributed by atoms with Crippen molar-refractivity contribution >= 4 is 34.2 Å². The maximum absolute atomic E-state index is 12.6. The molecule has 0 unspecified atom stereocenters. The van der Waals surface area contributed by atoms with Gasteiger partial charge in [-0.15, -0.1) is 11.3 Å². The van der Waals surface area contributed by atoms with Crippen LogP contribution in [0.2, 0.25) is 0 Å². The summed E-state index contributed by atoms with van der Waals surface area (Å²) < 4.78 is 15.8. The Morgan fingerprint density at radius 2 is 2.00 bits per heavy atom. The van der Waals surface area contributed by atoms with Crippen LogP contribution in [-0.4, -0.2) is 25.0 Å². The molecule has 2 heterocycles. The van der Waals surface area contributed by atoms with Crippen LogP contribution in [0.15, 0.2) is 51.0 Å². The first-order chi connectivity index (χ1) is 13.9. The number of hydrogen-bond donors (Lipinski definition) is 1. The molecule has 0 aliphatic heterocycles. The fourth-order valence-corrected chi connectivity index (χ4v) is 3.44. The molecule has 7 nitrogen and oxygen atoms in total. The van der Waals surface area contributed by atoms with E-state index in [0.29, 0.717) is 27.2 Å². The SMILES string of the molecule is COc1ccc2c(COC(=O)[C@@H](NC(=O)c3cccs3)C(C)C)cc(=O)oc2c1. The molecule has 1 atom stereocenters. The number of thiophene rings is 1. The molecule has 1 amide bonds. The van der Waals surface area contributed by atoms with Crippen molar-refractivity contribution in [2.24, 2.45) is 5.92 Å². The minimum absolute atomic E-state index is 0.120. The first-order valence-corrected chi connectivity index (χ1v) is 9.88. The predicted molar refractivity (Wildman–Crippen MR) is 109 cm³/mol. The molecule has 1 aromatic carbocycles. The number of rotatable bonds is 7. The van der Waals surface area contributed by atoms with Crippen LogP contribution in [0.5, 0.6) is 5.75 Å². The van der Waals surface area contributed by atoms with E-state index in [2.05, 4.69) is 5.32 Å². The molecular formula is C21H21NO6S. The summed E-state index contributed by atoms with van der Waals surface area (Å²) in [6, 6.07) is 8.99. The van der Waals surface area contributed by atoms with Gasteiger partial charge in [-0.2, -0.15) is 0 Å². The highest BCUT2D eigenvalue weighted by Gasteiger charge is 2.26. The molecular weight excluding hydrogens is 394 g/mol. The normalized spacial score (nSPS) is 12.0.